The van der Waals surface area contributed by atoms with E-state index >= 15 is 0 Å². The molecule has 1 aliphatic rings. The molecular weight excluding hydrogens is 378 g/mol. The topological polar surface area (TPSA) is 88.6 Å². The lowest BCUT2D eigenvalue weighted by Crippen LogP contribution is -2.23. The van der Waals surface area contributed by atoms with Crippen LogP contribution in [0.5, 0.6) is 0 Å². The zero-order valence-corrected chi connectivity index (χ0v) is 17.0. The van der Waals surface area contributed by atoms with Crippen LogP contribution >= 0.6 is 11.3 Å². The Morgan fingerprint density at radius 2 is 2.14 bits per heavy atom. The van der Waals surface area contributed by atoms with Gasteiger partial charge in [-0.2, -0.15) is 0 Å². The Morgan fingerprint density at radius 1 is 1.36 bits per heavy atom. The molecule has 0 bridgehead atoms. The summed E-state index contributed by atoms with van der Waals surface area (Å²) in [6, 6.07) is 6.61. The molecule has 1 N–H and O–H groups in total. The molecule has 2 heterocycles. The highest BCUT2D eigenvalue weighted by atomic mass is 32.1. The minimum Gasteiger partial charge on any atom is -0.462 e. The van der Waals surface area contributed by atoms with Crippen LogP contribution in [0.3, 0.4) is 0 Å². The van der Waals surface area contributed by atoms with Crippen LogP contribution in [0.1, 0.15) is 65.3 Å². The maximum Gasteiger partial charge on any atom is 0.338 e. The smallest absolute Gasteiger partial charge is 0.338 e. The molecule has 1 fully saturated rings. The van der Waals surface area contributed by atoms with Crippen LogP contribution in [-0.2, 0) is 9.53 Å². The van der Waals surface area contributed by atoms with E-state index in [0.29, 0.717) is 39.9 Å². The number of rotatable bonds is 6. The number of nitrogens with one attached hydrogen (secondary N) is 1. The van der Waals surface area contributed by atoms with Crippen LogP contribution in [0.4, 0.5) is 10.8 Å². The van der Waals surface area contributed by atoms with Crippen molar-refractivity contribution in [2.24, 2.45) is 0 Å². The predicted octanol–water partition coefficient (Wildman–Crippen LogP) is 3.82. The first kappa shape index (κ1) is 20.0. The number of carbonyl (C=O) groups excluding carboxylic acids is 3. The predicted molar refractivity (Wildman–Crippen MR) is 108 cm³/mol. The molecule has 0 radical (unpaired) electrons. The molecule has 1 aromatic heterocycles. The van der Waals surface area contributed by atoms with E-state index in [4.69, 9.17) is 4.74 Å². The second kappa shape index (κ2) is 8.52. The van der Waals surface area contributed by atoms with Crippen molar-refractivity contribution in [1.82, 2.24) is 4.98 Å². The van der Waals surface area contributed by atoms with Gasteiger partial charge in [0.2, 0.25) is 5.91 Å². The lowest BCUT2D eigenvalue weighted by molar-refractivity contribution is -0.117. The number of aromatic nitrogens is 1. The average molecular weight is 401 g/mol. The summed E-state index contributed by atoms with van der Waals surface area (Å²) in [5.74, 6) is -0.665. The molecule has 2 amide bonds. The van der Waals surface area contributed by atoms with Crippen molar-refractivity contribution in [3.63, 3.8) is 0 Å². The number of benzene rings is 1. The second-order valence-corrected chi connectivity index (χ2v) is 7.75. The fourth-order valence-electron chi connectivity index (χ4n) is 2.97. The Bertz CT molecular complexity index is 907. The van der Waals surface area contributed by atoms with E-state index in [1.165, 1.54) is 11.3 Å². The van der Waals surface area contributed by atoms with Crippen LogP contribution in [0, 0.1) is 0 Å². The van der Waals surface area contributed by atoms with Gasteiger partial charge in [-0.1, -0.05) is 31.3 Å². The summed E-state index contributed by atoms with van der Waals surface area (Å²) in [7, 11) is 0. The molecule has 3 rings (SSSR count). The summed E-state index contributed by atoms with van der Waals surface area (Å²) >= 11 is 1.23. The molecule has 2 aromatic rings. The molecule has 0 spiro atoms. The molecule has 7 nitrogen and oxygen atoms in total. The molecule has 1 aliphatic heterocycles. The van der Waals surface area contributed by atoms with Gasteiger partial charge in [0.15, 0.2) is 5.13 Å². The first-order chi connectivity index (χ1) is 13.4. The number of nitrogens with zero attached hydrogens (tertiary/aromatic N) is 2. The van der Waals surface area contributed by atoms with Gasteiger partial charge in [-0.05, 0) is 37.5 Å². The van der Waals surface area contributed by atoms with Gasteiger partial charge in [0.05, 0.1) is 17.9 Å². The van der Waals surface area contributed by atoms with E-state index < -0.39 is 5.97 Å². The van der Waals surface area contributed by atoms with Crippen LogP contribution in [0.2, 0.25) is 0 Å². The van der Waals surface area contributed by atoms with E-state index in [1.807, 2.05) is 13.8 Å². The summed E-state index contributed by atoms with van der Waals surface area (Å²) in [5, 5.41) is 3.39. The lowest BCUT2D eigenvalue weighted by atomic mass is 10.1. The Morgan fingerprint density at radius 3 is 2.79 bits per heavy atom. The molecule has 28 heavy (non-hydrogen) atoms. The van der Waals surface area contributed by atoms with Gasteiger partial charge in [-0.3, -0.25) is 14.5 Å². The van der Waals surface area contributed by atoms with Gasteiger partial charge in [0.25, 0.3) is 5.91 Å². The van der Waals surface area contributed by atoms with Crippen molar-refractivity contribution in [3.8, 4) is 0 Å². The number of hydrogen-bond donors (Lipinski definition) is 1. The molecule has 0 saturated carbocycles. The highest BCUT2D eigenvalue weighted by molar-refractivity contribution is 7.18. The summed E-state index contributed by atoms with van der Waals surface area (Å²) in [5.41, 5.74) is 1.53. The fourth-order valence-corrected chi connectivity index (χ4v) is 4.13. The van der Waals surface area contributed by atoms with Gasteiger partial charge in [0, 0.05) is 18.7 Å². The number of esters is 1. The second-order valence-electron chi connectivity index (χ2n) is 6.77. The van der Waals surface area contributed by atoms with Gasteiger partial charge >= 0.3 is 5.97 Å². The zero-order chi connectivity index (χ0) is 20.3. The molecule has 148 valence electrons. The van der Waals surface area contributed by atoms with Crippen LogP contribution in [-0.4, -0.2) is 35.9 Å². The standard InChI is InChI=1S/C20H23N3O4S/c1-4-27-19(26)13-7-5-8-14(11-13)21-18(25)17-16(12(2)3)22-20(28-17)23-10-6-9-15(23)24/h5,7-8,11-12H,4,6,9-10H2,1-3H3,(H,21,25). The number of carbonyl (C=O) groups is 3. The molecule has 1 saturated heterocycles. The van der Waals surface area contributed by atoms with Crippen molar-refractivity contribution >= 4 is 39.9 Å². The van der Waals surface area contributed by atoms with E-state index in [2.05, 4.69) is 10.3 Å². The fraction of sp³-hybridized carbons (Fsp3) is 0.400. The minimum atomic E-state index is -0.436. The Labute approximate surface area is 167 Å². The first-order valence-corrected chi connectivity index (χ1v) is 10.1. The highest BCUT2D eigenvalue weighted by Gasteiger charge is 2.28. The van der Waals surface area contributed by atoms with E-state index in [0.717, 1.165) is 6.42 Å². The summed E-state index contributed by atoms with van der Waals surface area (Å²) in [6.45, 7) is 6.58. The minimum absolute atomic E-state index is 0.0364. The van der Waals surface area contributed by atoms with Gasteiger partial charge in [0.1, 0.15) is 4.88 Å². The lowest BCUT2D eigenvalue weighted by Gasteiger charge is -2.10. The SMILES string of the molecule is CCOC(=O)c1cccc(NC(=O)c2sc(N3CCCC3=O)nc2C(C)C)c1. The van der Waals surface area contributed by atoms with E-state index in [-0.39, 0.29) is 24.3 Å². The summed E-state index contributed by atoms with van der Waals surface area (Å²) < 4.78 is 5.00. The third-order valence-electron chi connectivity index (χ3n) is 4.33. The van der Waals surface area contributed by atoms with Crippen molar-refractivity contribution in [3.05, 3.63) is 40.4 Å². The number of ether oxygens (including phenoxy) is 1. The number of thiazole rings is 1. The molecule has 0 aliphatic carbocycles. The van der Waals surface area contributed by atoms with Crippen LogP contribution < -0.4 is 10.2 Å². The number of anilines is 2. The average Bonchev–Trinajstić information content (AvgIpc) is 3.28. The van der Waals surface area contributed by atoms with Gasteiger partial charge in [-0.25, -0.2) is 9.78 Å². The third-order valence-corrected chi connectivity index (χ3v) is 5.42. The molecule has 0 unspecified atom stereocenters. The van der Waals surface area contributed by atoms with E-state index in [9.17, 15) is 14.4 Å². The largest absolute Gasteiger partial charge is 0.462 e. The van der Waals surface area contributed by atoms with Gasteiger partial charge < -0.3 is 10.1 Å². The monoisotopic (exact) mass is 401 g/mol. The number of amides is 2. The summed E-state index contributed by atoms with van der Waals surface area (Å²) in [4.78, 5) is 43.5. The third kappa shape index (κ3) is 4.22. The van der Waals surface area contributed by atoms with Crippen molar-refractivity contribution in [2.75, 3.05) is 23.4 Å². The first-order valence-electron chi connectivity index (χ1n) is 9.30. The molecule has 0 atom stereocenters. The molecular formula is C20H23N3O4S. The maximum absolute atomic E-state index is 12.9. The van der Waals surface area contributed by atoms with Gasteiger partial charge in [-0.15, -0.1) is 0 Å². The van der Waals surface area contributed by atoms with Crippen molar-refractivity contribution in [1.29, 1.82) is 0 Å². The maximum atomic E-state index is 12.9. The highest BCUT2D eigenvalue weighted by Crippen LogP contribution is 2.33. The van der Waals surface area contributed by atoms with Crippen molar-refractivity contribution < 1.29 is 19.1 Å². The normalized spacial score (nSPS) is 13.9. The van der Waals surface area contributed by atoms with Crippen LogP contribution in [0.25, 0.3) is 0 Å². The van der Waals surface area contributed by atoms with Crippen molar-refractivity contribution in [2.45, 2.75) is 39.5 Å². The zero-order valence-electron chi connectivity index (χ0n) is 16.2. The Hall–Kier alpha value is -2.74. The quantitative estimate of drug-likeness (QED) is 0.744. The number of hydrogen-bond acceptors (Lipinski definition) is 6. The van der Waals surface area contributed by atoms with E-state index in [1.54, 1.807) is 36.1 Å². The summed E-state index contributed by atoms with van der Waals surface area (Å²) in [6.07, 6.45) is 1.32. The molecule has 1 aromatic carbocycles. The van der Waals surface area contributed by atoms with Crippen LogP contribution in [0.15, 0.2) is 24.3 Å². The molecule has 8 heteroatoms. The Balaban J connectivity index is 1.84. The Kier molecular flexibility index (Phi) is 6.08.